The molecule has 1 aromatic heterocycles. The molecule has 128 valence electrons. The van der Waals surface area contributed by atoms with Crippen molar-refractivity contribution in [3.63, 3.8) is 0 Å². The molecule has 0 aliphatic carbocycles. The van der Waals surface area contributed by atoms with Gasteiger partial charge in [0.05, 0.1) is 11.6 Å². The van der Waals surface area contributed by atoms with Crippen LogP contribution in [0.25, 0.3) is 10.8 Å². The number of hydrogen-bond acceptors (Lipinski definition) is 4. The summed E-state index contributed by atoms with van der Waals surface area (Å²) in [4.78, 5) is 27.7. The zero-order valence-electron chi connectivity index (χ0n) is 14.2. The largest absolute Gasteiger partial charge is 0.340 e. The molecule has 0 bridgehead atoms. The van der Waals surface area contributed by atoms with E-state index >= 15 is 0 Å². The maximum atomic E-state index is 12.5. The first kappa shape index (κ1) is 17.2. The number of carbonyl (C=O) groups excluding carboxylic acids is 1. The number of fused-ring (bicyclic) bond motifs is 1. The van der Waals surface area contributed by atoms with Crippen molar-refractivity contribution < 1.29 is 4.79 Å². The molecule has 0 saturated carbocycles. The molecule has 0 atom stereocenters. The fraction of sp³-hybridized carbons (Fsp3) is 0.211. The van der Waals surface area contributed by atoms with Crippen LogP contribution in [-0.2, 0) is 17.9 Å². The van der Waals surface area contributed by atoms with E-state index in [1.54, 1.807) is 42.0 Å². The molecular weight excluding hydrogens is 334 g/mol. The van der Waals surface area contributed by atoms with Gasteiger partial charge in [0.15, 0.2) is 0 Å². The highest BCUT2D eigenvalue weighted by atomic mass is 32.2. The van der Waals surface area contributed by atoms with E-state index in [9.17, 15) is 9.59 Å². The van der Waals surface area contributed by atoms with Crippen LogP contribution in [0.2, 0.25) is 0 Å². The van der Waals surface area contributed by atoms with Gasteiger partial charge in [-0.05, 0) is 30.0 Å². The Morgan fingerprint density at radius 3 is 2.60 bits per heavy atom. The van der Waals surface area contributed by atoms with E-state index in [1.807, 2.05) is 42.7 Å². The zero-order chi connectivity index (χ0) is 17.8. The molecule has 0 aliphatic heterocycles. The van der Waals surface area contributed by atoms with Crippen molar-refractivity contribution in [1.82, 2.24) is 14.7 Å². The second kappa shape index (κ2) is 7.53. The summed E-state index contributed by atoms with van der Waals surface area (Å²) < 4.78 is 1.22. The maximum absolute atomic E-state index is 12.5. The minimum atomic E-state index is -0.246. The van der Waals surface area contributed by atoms with Crippen molar-refractivity contribution in [2.24, 2.45) is 0 Å². The molecule has 6 heteroatoms. The molecule has 0 spiro atoms. The standard InChI is InChI=1S/C19H19N3O2S/c1-21(12-14-7-9-16(25-2)10-8-14)18(23)13-22-19(24)17-6-4-3-5-15(17)11-20-22/h3-11H,12-13H2,1-2H3. The molecule has 1 heterocycles. The quantitative estimate of drug-likeness (QED) is 0.662. The van der Waals surface area contributed by atoms with Gasteiger partial charge in [-0.3, -0.25) is 9.59 Å². The zero-order valence-corrected chi connectivity index (χ0v) is 15.0. The summed E-state index contributed by atoms with van der Waals surface area (Å²) in [5, 5.41) is 5.46. The van der Waals surface area contributed by atoms with E-state index in [0.717, 1.165) is 10.9 Å². The molecule has 25 heavy (non-hydrogen) atoms. The highest BCUT2D eigenvalue weighted by molar-refractivity contribution is 7.98. The molecule has 5 nitrogen and oxygen atoms in total. The SMILES string of the molecule is CSc1ccc(CN(C)C(=O)Cn2ncc3ccccc3c2=O)cc1. The van der Waals surface area contributed by atoms with Crippen LogP contribution in [0.4, 0.5) is 0 Å². The third kappa shape index (κ3) is 3.91. The molecule has 0 aliphatic rings. The van der Waals surface area contributed by atoms with Crippen LogP contribution in [0.3, 0.4) is 0 Å². The number of rotatable bonds is 5. The predicted molar refractivity (Wildman–Crippen MR) is 101 cm³/mol. The van der Waals surface area contributed by atoms with Crippen molar-refractivity contribution in [2.75, 3.05) is 13.3 Å². The predicted octanol–water partition coefficient (Wildman–Crippen LogP) is 2.78. The Labute approximate surface area is 150 Å². The van der Waals surface area contributed by atoms with Gasteiger partial charge in [-0.1, -0.05) is 30.3 Å². The van der Waals surface area contributed by atoms with Gasteiger partial charge in [0.25, 0.3) is 5.56 Å². The molecule has 2 aromatic carbocycles. The van der Waals surface area contributed by atoms with Crippen LogP contribution in [0.5, 0.6) is 0 Å². The van der Waals surface area contributed by atoms with Gasteiger partial charge in [-0.2, -0.15) is 5.10 Å². The van der Waals surface area contributed by atoms with Gasteiger partial charge in [-0.25, -0.2) is 4.68 Å². The van der Waals surface area contributed by atoms with Crippen molar-refractivity contribution in [2.45, 2.75) is 18.0 Å². The highest BCUT2D eigenvalue weighted by Crippen LogP contribution is 2.15. The topological polar surface area (TPSA) is 55.2 Å². The maximum Gasteiger partial charge on any atom is 0.275 e. The average molecular weight is 353 g/mol. The summed E-state index contributed by atoms with van der Waals surface area (Å²) in [6.45, 7) is 0.429. The Morgan fingerprint density at radius 2 is 1.88 bits per heavy atom. The number of carbonyl (C=O) groups is 1. The van der Waals surface area contributed by atoms with Crippen LogP contribution in [0, 0.1) is 0 Å². The minimum absolute atomic E-state index is 0.0664. The Morgan fingerprint density at radius 1 is 1.16 bits per heavy atom. The lowest BCUT2D eigenvalue weighted by Gasteiger charge is -2.18. The van der Waals surface area contributed by atoms with Gasteiger partial charge in [0.2, 0.25) is 5.91 Å². The van der Waals surface area contributed by atoms with Crippen LogP contribution < -0.4 is 5.56 Å². The third-order valence-corrected chi connectivity index (χ3v) is 4.79. The lowest BCUT2D eigenvalue weighted by Crippen LogP contribution is -2.34. The van der Waals surface area contributed by atoms with Crippen molar-refractivity contribution in [1.29, 1.82) is 0 Å². The normalized spacial score (nSPS) is 10.8. The Balaban J connectivity index is 1.72. The number of likely N-dealkylation sites (N-methyl/N-ethyl adjacent to an activating group) is 1. The summed E-state index contributed by atoms with van der Waals surface area (Å²) in [5.74, 6) is -0.154. The second-order valence-corrected chi connectivity index (χ2v) is 6.67. The van der Waals surface area contributed by atoms with E-state index in [0.29, 0.717) is 11.9 Å². The number of aromatic nitrogens is 2. The molecule has 0 radical (unpaired) electrons. The smallest absolute Gasteiger partial charge is 0.275 e. The van der Waals surface area contributed by atoms with Crippen molar-refractivity contribution in [3.8, 4) is 0 Å². The molecule has 0 saturated heterocycles. The number of nitrogens with zero attached hydrogens (tertiary/aromatic N) is 3. The lowest BCUT2D eigenvalue weighted by atomic mass is 10.2. The second-order valence-electron chi connectivity index (χ2n) is 5.79. The first-order valence-corrected chi connectivity index (χ1v) is 9.12. The third-order valence-electron chi connectivity index (χ3n) is 4.05. The number of amides is 1. The Hall–Kier alpha value is -2.60. The molecular formula is C19H19N3O2S. The van der Waals surface area contributed by atoms with Gasteiger partial charge < -0.3 is 4.90 Å². The van der Waals surface area contributed by atoms with E-state index in [2.05, 4.69) is 5.10 Å². The Bertz CT molecular complexity index is 951. The summed E-state index contributed by atoms with van der Waals surface area (Å²) >= 11 is 1.68. The molecule has 3 rings (SSSR count). The first-order chi connectivity index (χ1) is 12.1. The number of benzene rings is 2. The van der Waals surface area contributed by atoms with E-state index in [1.165, 1.54) is 9.58 Å². The van der Waals surface area contributed by atoms with Crippen molar-refractivity contribution >= 4 is 28.4 Å². The van der Waals surface area contributed by atoms with Gasteiger partial charge in [0.1, 0.15) is 6.54 Å². The minimum Gasteiger partial charge on any atom is -0.340 e. The van der Waals surface area contributed by atoms with Crippen LogP contribution in [0.15, 0.2) is 64.4 Å². The van der Waals surface area contributed by atoms with E-state index < -0.39 is 0 Å². The van der Waals surface area contributed by atoms with Gasteiger partial charge >= 0.3 is 0 Å². The summed E-state index contributed by atoms with van der Waals surface area (Å²) in [7, 11) is 1.73. The monoisotopic (exact) mass is 353 g/mol. The molecule has 0 N–H and O–H groups in total. The molecule has 1 amide bonds. The van der Waals surface area contributed by atoms with Gasteiger partial charge in [0, 0.05) is 23.9 Å². The summed E-state index contributed by atoms with van der Waals surface area (Å²) in [5.41, 5.74) is 0.802. The summed E-state index contributed by atoms with van der Waals surface area (Å²) in [6.07, 6.45) is 3.64. The van der Waals surface area contributed by atoms with E-state index in [-0.39, 0.29) is 18.0 Å². The van der Waals surface area contributed by atoms with Gasteiger partial charge in [-0.15, -0.1) is 11.8 Å². The average Bonchev–Trinajstić information content (AvgIpc) is 2.64. The number of thioether (sulfide) groups is 1. The summed E-state index contributed by atoms with van der Waals surface area (Å²) in [6, 6.07) is 15.3. The van der Waals surface area contributed by atoms with Crippen LogP contribution in [-0.4, -0.2) is 33.9 Å². The lowest BCUT2D eigenvalue weighted by molar-refractivity contribution is -0.131. The van der Waals surface area contributed by atoms with Crippen LogP contribution >= 0.6 is 11.8 Å². The van der Waals surface area contributed by atoms with Crippen LogP contribution in [0.1, 0.15) is 5.56 Å². The fourth-order valence-corrected chi connectivity index (χ4v) is 2.99. The van der Waals surface area contributed by atoms with Crippen molar-refractivity contribution in [3.05, 3.63) is 70.6 Å². The van der Waals surface area contributed by atoms with E-state index in [4.69, 9.17) is 0 Å². The molecule has 0 unspecified atom stereocenters. The molecule has 0 fully saturated rings. The first-order valence-electron chi connectivity index (χ1n) is 7.90. The molecule has 3 aromatic rings. The Kier molecular flexibility index (Phi) is 5.19. The number of hydrogen-bond donors (Lipinski definition) is 0. The highest BCUT2D eigenvalue weighted by Gasteiger charge is 2.13. The fourth-order valence-electron chi connectivity index (χ4n) is 2.58.